The van der Waals surface area contributed by atoms with Gasteiger partial charge in [-0.2, -0.15) is 13.2 Å². The van der Waals surface area contributed by atoms with E-state index in [0.29, 0.717) is 6.61 Å². The number of carbonyl (C=O) groups is 2. The molecule has 0 heterocycles. The third-order valence-corrected chi connectivity index (χ3v) is 5.93. The molecule has 0 saturated carbocycles. The van der Waals surface area contributed by atoms with Crippen molar-refractivity contribution < 1.29 is 27.5 Å². The van der Waals surface area contributed by atoms with Crippen LogP contribution < -0.4 is 0 Å². The number of unbranched alkanes of at least 4 members (excludes halogenated alkanes) is 13. The van der Waals surface area contributed by atoms with E-state index in [1.165, 1.54) is 77.7 Å². The van der Waals surface area contributed by atoms with Gasteiger partial charge in [-0.15, -0.1) is 0 Å². The highest BCUT2D eigenvalue weighted by Gasteiger charge is 2.30. The molecule has 0 fully saturated rings. The van der Waals surface area contributed by atoms with Gasteiger partial charge < -0.3 is 9.64 Å². The quantitative estimate of drug-likeness (QED) is 0.157. The second kappa shape index (κ2) is 17.4. The SMILES string of the molecule is CCCCCCCCCCCCCCCCOC(=O)CN(C)C(=O)c1ccc(C(F)(F)F)cc1. The van der Waals surface area contributed by atoms with Crippen molar-refractivity contribution in [3.8, 4) is 0 Å². The predicted octanol–water partition coefficient (Wildman–Crippen LogP) is 7.80. The van der Waals surface area contributed by atoms with Crippen molar-refractivity contribution in [2.75, 3.05) is 20.2 Å². The van der Waals surface area contributed by atoms with E-state index in [2.05, 4.69) is 6.92 Å². The van der Waals surface area contributed by atoms with E-state index in [1.807, 2.05) is 0 Å². The van der Waals surface area contributed by atoms with Gasteiger partial charge in [-0.1, -0.05) is 90.4 Å². The molecule has 0 spiro atoms. The van der Waals surface area contributed by atoms with E-state index in [1.54, 1.807) is 0 Å². The second-order valence-corrected chi connectivity index (χ2v) is 9.05. The Kier molecular flexibility index (Phi) is 15.3. The van der Waals surface area contributed by atoms with Crippen molar-refractivity contribution in [2.45, 2.75) is 103 Å². The Balaban J connectivity index is 2.03. The van der Waals surface area contributed by atoms with Crippen LogP contribution in [0.25, 0.3) is 0 Å². The van der Waals surface area contributed by atoms with Gasteiger partial charge in [0.05, 0.1) is 12.2 Å². The lowest BCUT2D eigenvalue weighted by atomic mass is 10.0. The molecule has 1 aromatic rings. The number of alkyl halides is 3. The van der Waals surface area contributed by atoms with Crippen molar-refractivity contribution in [1.82, 2.24) is 4.90 Å². The van der Waals surface area contributed by atoms with E-state index in [-0.39, 0.29) is 12.1 Å². The molecule has 0 aliphatic rings. The molecule has 34 heavy (non-hydrogen) atoms. The molecule has 7 heteroatoms. The molecule has 1 amide bonds. The van der Waals surface area contributed by atoms with Gasteiger partial charge in [-0.05, 0) is 30.7 Å². The Morgan fingerprint density at radius 2 is 1.21 bits per heavy atom. The standard InChI is InChI=1S/C27H42F3NO3/c1-3-4-5-6-7-8-9-10-11-12-13-14-15-16-21-34-25(32)22-31(2)26(33)23-17-19-24(20-18-23)27(28,29)30/h17-20H,3-16,21-22H2,1-2H3. The smallest absolute Gasteiger partial charge is 0.416 e. The Bertz CT molecular complexity index is 689. The van der Waals surface area contributed by atoms with E-state index < -0.39 is 23.6 Å². The monoisotopic (exact) mass is 485 g/mol. The summed E-state index contributed by atoms with van der Waals surface area (Å²) < 4.78 is 43.1. The van der Waals surface area contributed by atoms with Crippen LogP contribution in [-0.4, -0.2) is 37.0 Å². The number of benzene rings is 1. The Morgan fingerprint density at radius 1 is 0.765 bits per heavy atom. The normalized spacial score (nSPS) is 11.4. The van der Waals surface area contributed by atoms with Crippen molar-refractivity contribution in [1.29, 1.82) is 0 Å². The van der Waals surface area contributed by atoms with Gasteiger partial charge in [0.1, 0.15) is 6.54 Å². The summed E-state index contributed by atoms with van der Waals surface area (Å²) in [6, 6.07) is 3.94. The Hall–Kier alpha value is -2.05. The third-order valence-electron chi connectivity index (χ3n) is 5.93. The van der Waals surface area contributed by atoms with E-state index in [0.717, 1.165) is 48.4 Å². The van der Waals surface area contributed by atoms with Crippen LogP contribution in [0.3, 0.4) is 0 Å². The number of carbonyl (C=O) groups excluding carboxylic acids is 2. The first-order chi connectivity index (χ1) is 16.3. The van der Waals surface area contributed by atoms with Crippen molar-refractivity contribution >= 4 is 11.9 Å². The van der Waals surface area contributed by atoms with Crippen LogP contribution in [-0.2, 0) is 15.7 Å². The summed E-state index contributed by atoms with van der Waals surface area (Å²) >= 11 is 0. The van der Waals surface area contributed by atoms with Crippen LogP contribution in [0.4, 0.5) is 13.2 Å². The maximum absolute atomic E-state index is 12.6. The molecule has 1 aromatic carbocycles. The average molecular weight is 486 g/mol. The van der Waals surface area contributed by atoms with Crippen molar-refractivity contribution in [3.63, 3.8) is 0 Å². The summed E-state index contributed by atoms with van der Waals surface area (Å²) in [4.78, 5) is 25.4. The lowest BCUT2D eigenvalue weighted by molar-refractivity contribution is -0.144. The number of hydrogen-bond donors (Lipinski definition) is 0. The van der Waals surface area contributed by atoms with Gasteiger partial charge in [-0.25, -0.2) is 0 Å². The minimum atomic E-state index is -4.45. The van der Waals surface area contributed by atoms with Crippen LogP contribution in [0.5, 0.6) is 0 Å². The fourth-order valence-corrected chi connectivity index (χ4v) is 3.82. The van der Waals surface area contributed by atoms with Crippen LogP contribution in [0.2, 0.25) is 0 Å². The molecule has 0 unspecified atom stereocenters. The summed E-state index contributed by atoms with van der Waals surface area (Å²) in [7, 11) is 1.42. The first-order valence-corrected chi connectivity index (χ1v) is 12.8. The number of amides is 1. The number of nitrogens with zero attached hydrogens (tertiary/aromatic N) is 1. The molecule has 1 rings (SSSR count). The summed E-state index contributed by atoms with van der Waals surface area (Å²) in [5.74, 6) is -1.04. The molecule has 0 aliphatic heterocycles. The van der Waals surface area contributed by atoms with Crippen LogP contribution in [0, 0.1) is 0 Å². The number of halogens is 3. The molecular formula is C27H42F3NO3. The third kappa shape index (κ3) is 13.6. The first kappa shape index (κ1) is 30.0. The van der Waals surface area contributed by atoms with E-state index in [4.69, 9.17) is 4.74 Å². The minimum absolute atomic E-state index is 0.0928. The zero-order chi connectivity index (χ0) is 25.2. The highest BCUT2D eigenvalue weighted by atomic mass is 19.4. The summed E-state index contributed by atoms with van der Waals surface area (Å²) in [5, 5.41) is 0. The van der Waals surface area contributed by atoms with E-state index >= 15 is 0 Å². The molecule has 0 N–H and O–H groups in total. The fourth-order valence-electron chi connectivity index (χ4n) is 3.82. The fraction of sp³-hybridized carbons (Fsp3) is 0.704. The van der Waals surface area contributed by atoms with Crippen molar-refractivity contribution in [3.05, 3.63) is 35.4 Å². The molecule has 4 nitrogen and oxygen atoms in total. The maximum atomic E-state index is 12.6. The topological polar surface area (TPSA) is 46.6 Å². The number of likely N-dealkylation sites (N-methyl/N-ethyl adjacent to an activating group) is 1. The highest BCUT2D eigenvalue weighted by molar-refractivity contribution is 5.95. The average Bonchev–Trinajstić information content (AvgIpc) is 2.80. The van der Waals surface area contributed by atoms with Crippen molar-refractivity contribution in [2.24, 2.45) is 0 Å². The summed E-state index contributed by atoms with van der Waals surface area (Å²) in [6.45, 7) is 2.32. The van der Waals surface area contributed by atoms with Crippen LogP contribution in [0.15, 0.2) is 24.3 Å². The zero-order valence-electron chi connectivity index (χ0n) is 20.9. The van der Waals surface area contributed by atoms with Crippen LogP contribution in [0.1, 0.15) is 113 Å². The van der Waals surface area contributed by atoms with E-state index in [9.17, 15) is 22.8 Å². The number of esters is 1. The first-order valence-electron chi connectivity index (χ1n) is 12.8. The van der Waals surface area contributed by atoms with Gasteiger partial charge in [-0.3, -0.25) is 9.59 Å². The number of rotatable bonds is 18. The molecule has 0 radical (unpaired) electrons. The lowest BCUT2D eigenvalue weighted by Crippen LogP contribution is -2.33. The number of ether oxygens (including phenoxy) is 1. The molecule has 0 aromatic heterocycles. The van der Waals surface area contributed by atoms with Crippen LogP contribution >= 0.6 is 0 Å². The van der Waals surface area contributed by atoms with Gasteiger partial charge in [0.2, 0.25) is 0 Å². The van der Waals surface area contributed by atoms with Gasteiger partial charge in [0.15, 0.2) is 0 Å². The van der Waals surface area contributed by atoms with Gasteiger partial charge >= 0.3 is 12.1 Å². The molecule has 0 bridgehead atoms. The molecule has 0 saturated heterocycles. The molecule has 0 atom stereocenters. The zero-order valence-corrected chi connectivity index (χ0v) is 20.9. The Labute approximate surface area is 203 Å². The number of hydrogen-bond acceptors (Lipinski definition) is 3. The Morgan fingerprint density at radius 3 is 1.65 bits per heavy atom. The maximum Gasteiger partial charge on any atom is 0.416 e. The second-order valence-electron chi connectivity index (χ2n) is 9.05. The molecular weight excluding hydrogens is 443 g/mol. The predicted molar refractivity (Wildman–Crippen MR) is 130 cm³/mol. The van der Waals surface area contributed by atoms with Gasteiger partial charge in [0, 0.05) is 12.6 Å². The molecule has 0 aliphatic carbocycles. The highest BCUT2D eigenvalue weighted by Crippen LogP contribution is 2.29. The minimum Gasteiger partial charge on any atom is -0.464 e. The largest absolute Gasteiger partial charge is 0.464 e. The molecule has 194 valence electrons. The summed E-state index contributed by atoms with van der Waals surface area (Å²) in [5.41, 5.74) is -0.727. The lowest BCUT2D eigenvalue weighted by Gasteiger charge is -2.17. The van der Waals surface area contributed by atoms with Gasteiger partial charge in [0.25, 0.3) is 5.91 Å². The summed E-state index contributed by atoms with van der Waals surface area (Å²) in [6.07, 6.45) is 13.0.